The molecule has 2 rings (SSSR count). The van der Waals surface area contributed by atoms with E-state index in [9.17, 15) is 9.18 Å². The van der Waals surface area contributed by atoms with E-state index in [1.54, 1.807) is 30.3 Å². The summed E-state index contributed by atoms with van der Waals surface area (Å²) in [5, 5.41) is 6.77. The predicted octanol–water partition coefficient (Wildman–Crippen LogP) is 4.31. The molecule has 4 nitrogen and oxygen atoms in total. The number of ether oxygens (including phenoxy) is 1. The van der Waals surface area contributed by atoms with Gasteiger partial charge in [0.05, 0.1) is 29.4 Å². The quantitative estimate of drug-likeness (QED) is 0.623. The van der Waals surface area contributed by atoms with E-state index in [2.05, 4.69) is 15.4 Å². The van der Waals surface area contributed by atoms with Crippen LogP contribution in [0, 0.1) is 5.82 Å². The lowest BCUT2D eigenvalue weighted by Crippen LogP contribution is -2.31. The van der Waals surface area contributed by atoms with Crippen molar-refractivity contribution in [2.75, 3.05) is 12.4 Å². The van der Waals surface area contributed by atoms with Crippen LogP contribution in [0.2, 0.25) is 5.02 Å². The fourth-order valence-corrected chi connectivity index (χ4v) is 2.51. The smallest absolute Gasteiger partial charge is 0.337 e. The molecular weight excluding hydrogens is 351 g/mol. The van der Waals surface area contributed by atoms with E-state index in [0.717, 1.165) is 5.56 Å². The maximum atomic E-state index is 13.0. The zero-order chi connectivity index (χ0) is 17.7. The van der Waals surface area contributed by atoms with Crippen LogP contribution in [-0.4, -0.2) is 18.2 Å². The van der Waals surface area contributed by atoms with Crippen molar-refractivity contribution in [1.82, 2.24) is 5.32 Å². The molecule has 0 amide bonds. The third-order valence-corrected chi connectivity index (χ3v) is 3.90. The van der Waals surface area contributed by atoms with Gasteiger partial charge in [-0.05, 0) is 55.0 Å². The standard InChI is InChI=1S/C17H16ClFN2O2S/c1-10(11-3-6-13(19)7-4-11)20-17(24)21-15-9-12(16(22)23-2)5-8-14(15)18/h3-10H,1-2H3,(H2,20,21,24). The summed E-state index contributed by atoms with van der Waals surface area (Å²) in [6.45, 7) is 1.90. The molecule has 0 spiro atoms. The summed E-state index contributed by atoms with van der Waals surface area (Å²) < 4.78 is 17.6. The monoisotopic (exact) mass is 366 g/mol. The van der Waals surface area contributed by atoms with Crippen molar-refractivity contribution in [3.05, 3.63) is 64.4 Å². The topological polar surface area (TPSA) is 50.4 Å². The van der Waals surface area contributed by atoms with Crippen molar-refractivity contribution in [3.63, 3.8) is 0 Å². The lowest BCUT2D eigenvalue weighted by atomic mass is 10.1. The van der Waals surface area contributed by atoms with Gasteiger partial charge >= 0.3 is 5.97 Å². The van der Waals surface area contributed by atoms with Gasteiger partial charge in [0.2, 0.25) is 0 Å². The SMILES string of the molecule is COC(=O)c1ccc(Cl)c(NC(=S)NC(C)c2ccc(F)cc2)c1. The lowest BCUT2D eigenvalue weighted by molar-refractivity contribution is 0.0601. The van der Waals surface area contributed by atoms with Crippen molar-refractivity contribution in [3.8, 4) is 0 Å². The second kappa shape index (κ2) is 8.08. The average molecular weight is 367 g/mol. The maximum Gasteiger partial charge on any atom is 0.337 e. The maximum absolute atomic E-state index is 13.0. The first-order chi connectivity index (χ1) is 11.4. The number of thiocarbonyl (C=S) groups is 1. The molecule has 0 bridgehead atoms. The number of hydrogen-bond donors (Lipinski definition) is 2. The molecule has 0 aliphatic rings. The van der Waals surface area contributed by atoms with Gasteiger partial charge in [-0.3, -0.25) is 0 Å². The first kappa shape index (κ1) is 18.2. The number of halogens is 2. The summed E-state index contributed by atoms with van der Waals surface area (Å²) >= 11 is 11.4. The summed E-state index contributed by atoms with van der Waals surface area (Å²) in [6, 6.07) is 10.7. The van der Waals surface area contributed by atoms with Crippen molar-refractivity contribution in [2.24, 2.45) is 0 Å². The van der Waals surface area contributed by atoms with Crippen LogP contribution in [0.5, 0.6) is 0 Å². The van der Waals surface area contributed by atoms with Gasteiger partial charge < -0.3 is 15.4 Å². The van der Waals surface area contributed by atoms with Crippen LogP contribution in [0.3, 0.4) is 0 Å². The number of carbonyl (C=O) groups is 1. The Balaban J connectivity index is 2.06. The molecule has 0 saturated carbocycles. The number of rotatable bonds is 4. The van der Waals surface area contributed by atoms with Crippen LogP contribution in [0.1, 0.15) is 28.9 Å². The number of nitrogens with one attached hydrogen (secondary N) is 2. The largest absolute Gasteiger partial charge is 0.465 e. The van der Waals surface area contributed by atoms with E-state index in [4.69, 9.17) is 23.8 Å². The van der Waals surface area contributed by atoms with E-state index in [-0.39, 0.29) is 11.9 Å². The molecule has 0 heterocycles. The fraction of sp³-hybridized carbons (Fsp3) is 0.176. The Morgan fingerprint density at radius 2 is 1.92 bits per heavy atom. The van der Waals surface area contributed by atoms with Crippen LogP contribution in [0.4, 0.5) is 10.1 Å². The minimum Gasteiger partial charge on any atom is -0.465 e. The van der Waals surface area contributed by atoms with E-state index >= 15 is 0 Å². The summed E-state index contributed by atoms with van der Waals surface area (Å²) in [7, 11) is 1.31. The number of esters is 1. The van der Waals surface area contributed by atoms with Crippen molar-refractivity contribution >= 4 is 40.6 Å². The lowest BCUT2D eigenvalue weighted by Gasteiger charge is -2.18. The first-order valence-corrected chi connectivity index (χ1v) is 7.90. The summed E-state index contributed by atoms with van der Waals surface area (Å²) in [4.78, 5) is 11.6. The van der Waals surface area contributed by atoms with E-state index in [1.165, 1.54) is 19.2 Å². The van der Waals surface area contributed by atoms with Crippen LogP contribution < -0.4 is 10.6 Å². The molecule has 0 aliphatic carbocycles. The normalized spacial score (nSPS) is 11.5. The van der Waals surface area contributed by atoms with Gasteiger partial charge in [0.1, 0.15) is 5.82 Å². The average Bonchev–Trinajstić information content (AvgIpc) is 2.56. The van der Waals surface area contributed by atoms with Crippen LogP contribution >= 0.6 is 23.8 Å². The molecule has 2 aromatic rings. The second-order valence-electron chi connectivity index (χ2n) is 5.06. The Bertz CT molecular complexity index is 753. The Hall–Kier alpha value is -2.18. The van der Waals surface area contributed by atoms with E-state index < -0.39 is 5.97 Å². The summed E-state index contributed by atoms with van der Waals surface area (Å²) in [5.41, 5.74) is 1.73. The van der Waals surface area contributed by atoms with Gasteiger partial charge in [0, 0.05) is 0 Å². The molecular formula is C17H16ClFN2O2S. The fourth-order valence-electron chi connectivity index (χ4n) is 2.06. The van der Waals surface area contributed by atoms with Gasteiger partial charge in [-0.15, -0.1) is 0 Å². The number of benzene rings is 2. The van der Waals surface area contributed by atoms with Crippen molar-refractivity contribution < 1.29 is 13.9 Å². The zero-order valence-corrected chi connectivity index (χ0v) is 14.7. The zero-order valence-electron chi connectivity index (χ0n) is 13.1. The van der Waals surface area contributed by atoms with Gasteiger partial charge in [-0.1, -0.05) is 23.7 Å². The Morgan fingerprint density at radius 1 is 1.25 bits per heavy atom. The molecule has 7 heteroatoms. The van der Waals surface area contributed by atoms with E-state index in [0.29, 0.717) is 21.4 Å². The first-order valence-electron chi connectivity index (χ1n) is 7.11. The molecule has 2 N–H and O–H groups in total. The molecule has 1 atom stereocenters. The van der Waals surface area contributed by atoms with Crippen molar-refractivity contribution in [1.29, 1.82) is 0 Å². The Labute approximate surface area is 150 Å². The highest BCUT2D eigenvalue weighted by Gasteiger charge is 2.12. The highest BCUT2D eigenvalue weighted by molar-refractivity contribution is 7.80. The number of hydrogen-bond acceptors (Lipinski definition) is 3. The predicted molar refractivity (Wildman–Crippen MR) is 97.0 cm³/mol. The Morgan fingerprint density at radius 3 is 2.54 bits per heavy atom. The summed E-state index contributed by atoms with van der Waals surface area (Å²) in [5.74, 6) is -0.758. The van der Waals surface area contributed by atoms with Gasteiger partial charge in [-0.2, -0.15) is 0 Å². The van der Waals surface area contributed by atoms with Gasteiger partial charge in [-0.25, -0.2) is 9.18 Å². The minimum atomic E-state index is -0.465. The van der Waals surface area contributed by atoms with Crippen LogP contribution in [-0.2, 0) is 4.74 Å². The van der Waals surface area contributed by atoms with Gasteiger partial charge in [0.15, 0.2) is 5.11 Å². The molecule has 126 valence electrons. The molecule has 0 fully saturated rings. The van der Waals surface area contributed by atoms with E-state index in [1.807, 2.05) is 6.92 Å². The number of methoxy groups -OCH3 is 1. The number of anilines is 1. The summed E-state index contributed by atoms with van der Waals surface area (Å²) in [6.07, 6.45) is 0. The second-order valence-corrected chi connectivity index (χ2v) is 5.87. The van der Waals surface area contributed by atoms with Crippen LogP contribution in [0.25, 0.3) is 0 Å². The molecule has 1 unspecified atom stereocenters. The molecule has 0 radical (unpaired) electrons. The Kier molecular flexibility index (Phi) is 6.11. The molecule has 24 heavy (non-hydrogen) atoms. The third-order valence-electron chi connectivity index (χ3n) is 3.35. The molecule has 2 aromatic carbocycles. The molecule has 0 aliphatic heterocycles. The van der Waals surface area contributed by atoms with Crippen LogP contribution in [0.15, 0.2) is 42.5 Å². The molecule has 0 saturated heterocycles. The van der Waals surface area contributed by atoms with Crippen molar-refractivity contribution in [2.45, 2.75) is 13.0 Å². The molecule has 0 aromatic heterocycles. The minimum absolute atomic E-state index is 0.131. The highest BCUT2D eigenvalue weighted by atomic mass is 35.5. The number of carbonyl (C=O) groups excluding carboxylic acids is 1. The van der Waals surface area contributed by atoms with Gasteiger partial charge in [0.25, 0.3) is 0 Å². The third kappa shape index (κ3) is 4.66. The highest BCUT2D eigenvalue weighted by Crippen LogP contribution is 2.24.